The number of rotatable bonds is 8. The van der Waals surface area contributed by atoms with Gasteiger partial charge in [-0.05, 0) is 44.6 Å². The molecule has 0 radical (unpaired) electrons. The molecule has 0 aromatic heterocycles. The summed E-state index contributed by atoms with van der Waals surface area (Å²) in [7, 11) is 0. The average Bonchev–Trinajstić information content (AvgIpc) is 2.49. The van der Waals surface area contributed by atoms with Crippen LogP contribution in [0.1, 0.15) is 31.4 Å². The fourth-order valence-corrected chi connectivity index (χ4v) is 1.99. The van der Waals surface area contributed by atoms with E-state index in [1.165, 1.54) is 5.56 Å². The molecule has 1 aromatic rings. The number of nitrogens with one attached hydrogen (secondary N) is 2. The molecule has 0 unspecified atom stereocenters. The molecular weight excluding hydrogens is 262 g/mol. The summed E-state index contributed by atoms with van der Waals surface area (Å²) >= 11 is 0. The Labute approximate surface area is 128 Å². The summed E-state index contributed by atoms with van der Waals surface area (Å²) in [6.45, 7) is 10.2. The van der Waals surface area contributed by atoms with Crippen molar-refractivity contribution in [3.63, 3.8) is 0 Å². The molecule has 1 rings (SSSR count). The molecule has 116 valence electrons. The minimum Gasteiger partial charge on any atom is -0.338 e. The third-order valence-electron chi connectivity index (χ3n) is 3.40. The standard InChI is InChI=1S/C17H27N3O/c1-4-20(5-2)14-6-12-18-17(21)19-13-11-16-9-7-15(3)8-10-16/h7-11,13H,4-6,12,14H2,1-3H3,(H2,18,19,21)/b13-11+. The first-order chi connectivity index (χ1) is 10.2. The molecule has 0 aliphatic carbocycles. The first-order valence-corrected chi connectivity index (χ1v) is 7.65. The lowest BCUT2D eigenvalue weighted by atomic mass is 10.1. The van der Waals surface area contributed by atoms with Gasteiger partial charge < -0.3 is 15.5 Å². The molecule has 0 spiro atoms. The summed E-state index contributed by atoms with van der Waals surface area (Å²) in [6, 6.07) is 7.99. The van der Waals surface area contributed by atoms with Crippen LogP contribution in [0.3, 0.4) is 0 Å². The minimum atomic E-state index is -0.155. The molecule has 0 heterocycles. The van der Waals surface area contributed by atoms with Crippen molar-refractivity contribution < 1.29 is 4.79 Å². The number of carbonyl (C=O) groups excluding carboxylic acids is 1. The van der Waals surface area contributed by atoms with Crippen molar-refractivity contribution >= 4 is 12.1 Å². The van der Waals surface area contributed by atoms with Crippen LogP contribution in [-0.4, -0.2) is 37.1 Å². The lowest BCUT2D eigenvalue weighted by Crippen LogP contribution is -2.34. The highest BCUT2D eigenvalue weighted by Gasteiger charge is 1.99. The van der Waals surface area contributed by atoms with Gasteiger partial charge in [-0.1, -0.05) is 43.7 Å². The number of urea groups is 1. The van der Waals surface area contributed by atoms with Crippen molar-refractivity contribution in [2.75, 3.05) is 26.2 Å². The van der Waals surface area contributed by atoms with E-state index in [0.29, 0.717) is 6.54 Å². The highest BCUT2D eigenvalue weighted by atomic mass is 16.2. The summed E-state index contributed by atoms with van der Waals surface area (Å²) in [5.41, 5.74) is 2.30. The molecule has 0 bridgehead atoms. The lowest BCUT2D eigenvalue weighted by Gasteiger charge is -2.17. The maximum atomic E-state index is 11.6. The normalized spacial score (nSPS) is 11.0. The fourth-order valence-electron chi connectivity index (χ4n) is 1.99. The first kappa shape index (κ1) is 17.2. The fraction of sp³-hybridized carbons (Fsp3) is 0.471. The molecule has 0 atom stereocenters. The Morgan fingerprint density at radius 1 is 1.19 bits per heavy atom. The van der Waals surface area contributed by atoms with Crippen LogP contribution in [-0.2, 0) is 0 Å². The maximum Gasteiger partial charge on any atom is 0.318 e. The van der Waals surface area contributed by atoms with E-state index in [0.717, 1.165) is 31.6 Å². The number of benzene rings is 1. The van der Waals surface area contributed by atoms with E-state index in [4.69, 9.17) is 0 Å². The molecule has 0 aliphatic rings. The molecule has 4 heteroatoms. The van der Waals surface area contributed by atoms with Crippen molar-refractivity contribution in [3.8, 4) is 0 Å². The molecule has 0 saturated carbocycles. The largest absolute Gasteiger partial charge is 0.338 e. The zero-order valence-corrected chi connectivity index (χ0v) is 13.4. The SMILES string of the molecule is CCN(CC)CCCNC(=O)N/C=C/c1ccc(C)cc1. The van der Waals surface area contributed by atoms with E-state index < -0.39 is 0 Å². The zero-order valence-electron chi connectivity index (χ0n) is 13.4. The molecule has 0 fully saturated rings. The van der Waals surface area contributed by atoms with Crippen molar-refractivity contribution in [3.05, 3.63) is 41.6 Å². The van der Waals surface area contributed by atoms with Gasteiger partial charge in [-0.3, -0.25) is 0 Å². The Kier molecular flexibility index (Phi) is 8.21. The number of nitrogens with zero attached hydrogens (tertiary/aromatic N) is 1. The number of aryl methyl sites for hydroxylation is 1. The van der Waals surface area contributed by atoms with Crippen molar-refractivity contribution in [1.29, 1.82) is 0 Å². The highest BCUT2D eigenvalue weighted by molar-refractivity contribution is 5.75. The van der Waals surface area contributed by atoms with Crippen molar-refractivity contribution in [2.45, 2.75) is 27.2 Å². The van der Waals surface area contributed by atoms with Crippen LogP contribution in [0.4, 0.5) is 4.79 Å². The van der Waals surface area contributed by atoms with E-state index in [2.05, 4.69) is 36.3 Å². The lowest BCUT2D eigenvalue weighted by molar-refractivity contribution is 0.242. The monoisotopic (exact) mass is 289 g/mol. The van der Waals surface area contributed by atoms with Crippen LogP contribution in [0.2, 0.25) is 0 Å². The summed E-state index contributed by atoms with van der Waals surface area (Å²) in [5, 5.41) is 5.57. The number of hydrogen-bond donors (Lipinski definition) is 2. The predicted molar refractivity (Wildman–Crippen MR) is 89.2 cm³/mol. The second-order valence-electron chi connectivity index (χ2n) is 5.02. The van der Waals surface area contributed by atoms with Gasteiger partial charge >= 0.3 is 6.03 Å². The van der Waals surface area contributed by atoms with E-state index in [1.807, 2.05) is 30.3 Å². The maximum absolute atomic E-state index is 11.6. The highest BCUT2D eigenvalue weighted by Crippen LogP contribution is 2.04. The van der Waals surface area contributed by atoms with Gasteiger partial charge in [-0.2, -0.15) is 0 Å². The quantitative estimate of drug-likeness (QED) is 0.723. The van der Waals surface area contributed by atoms with Crippen molar-refractivity contribution in [2.24, 2.45) is 0 Å². The molecule has 0 aliphatic heterocycles. The van der Waals surface area contributed by atoms with Gasteiger partial charge in [-0.15, -0.1) is 0 Å². The summed E-state index contributed by atoms with van der Waals surface area (Å²) in [6.07, 6.45) is 4.52. The summed E-state index contributed by atoms with van der Waals surface area (Å²) < 4.78 is 0. The topological polar surface area (TPSA) is 44.4 Å². The van der Waals surface area contributed by atoms with Gasteiger partial charge in [0.05, 0.1) is 0 Å². The van der Waals surface area contributed by atoms with E-state index >= 15 is 0 Å². The summed E-state index contributed by atoms with van der Waals surface area (Å²) in [5.74, 6) is 0. The minimum absolute atomic E-state index is 0.155. The third kappa shape index (κ3) is 7.51. The second kappa shape index (κ2) is 10.00. The van der Waals surface area contributed by atoms with Crippen LogP contribution < -0.4 is 10.6 Å². The Morgan fingerprint density at radius 3 is 2.48 bits per heavy atom. The molecule has 1 aromatic carbocycles. The molecule has 4 nitrogen and oxygen atoms in total. The molecule has 21 heavy (non-hydrogen) atoms. The molecule has 0 saturated heterocycles. The number of carbonyl (C=O) groups is 1. The van der Waals surface area contributed by atoms with Crippen LogP contribution >= 0.6 is 0 Å². The second-order valence-corrected chi connectivity index (χ2v) is 5.02. The third-order valence-corrected chi connectivity index (χ3v) is 3.40. The molecular formula is C17H27N3O. The van der Waals surface area contributed by atoms with Crippen molar-refractivity contribution in [1.82, 2.24) is 15.5 Å². The first-order valence-electron chi connectivity index (χ1n) is 7.65. The predicted octanol–water partition coefficient (Wildman–Crippen LogP) is 3.00. The zero-order chi connectivity index (χ0) is 15.5. The van der Waals surface area contributed by atoms with Gasteiger partial charge in [0.15, 0.2) is 0 Å². The summed E-state index contributed by atoms with van der Waals surface area (Å²) in [4.78, 5) is 13.9. The Balaban J connectivity index is 2.17. The Hall–Kier alpha value is -1.81. The number of amides is 2. The van der Waals surface area contributed by atoms with E-state index in [-0.39, 0.29) is 6.03 Å². The van der Waals surface area contributed by atoms with Crippen LogP contribution in [0, 0.1) is 6.92 Å². The Bertz CT molecular complexity index is 436. The van der Waals surface area contributed by atoms with Gasteiger partial charge in [0.25, 0.3) is 0 Å². The van der Waals surface area contributed by atoms with Crippen LogP contribution in [0.25, 0.3) is 6.08 Å². The number of hydrogen-bond acceptors (Lipinski definition) is 2. The average molecular weight is 289 g/mol. The molecule has 2 amide bonds. The van der Waals surface area contributed by atoms with Crippen LogP contribution in [0.15, 0.2) is 30.5 Å². The van der Waals surface area contributed by atoms with Gasteiger partial charge in [0.1, 0.15) is 0 Å². The van der Waals surface area contributed by atoms with E-state index in [1.54, 1.807) is 6.20 Å². The Morgan fingerprint density at radius 2 is 1.86 bits per heavy atom. The van der Waals surface area contributed by atoms with Crippen LogP contribution in [0.5, 0.6) is 0 Å². The van der Waals surface area contributed by atoms with Gasteiger partial charge in [0, 0.05) is 12.7 Å². The van der Waals surface area contributed by atoms with Gasteiger partial charge in [0.2, 0.25) is 0 Å². The molecule has 2 N–H and O–H groups in total. The van der Waals surface area contributed by atoms with E-state index in [9.17, 15) is 4.79 Å². The smallest absolute Gasteiger partial charge is 0.318 e. The van der Waals surface area contributed by atoms with Gasteiger partial charge in [-0.25, -0.2) is 4.79 Å².